The molecule has 1 atom stereocenters. The van der Waals surface area contributed by atoms with Gasteiger partial charge in [0.15, 0.2) is 6.54 Å². The zero-order valence-corrected chi connectivity index (χ0v) is 13.4. The molecule has 0 aromatic heterocycles. The van der Waals surface area contributed by atoms with Gasteiger partial charge in [0.25, 0.3) is 5.91 Å². The molecule has 0 radical (unpaired) electrons. The molecule has 0 bridgehead atoms. The van der Waals surface area contributed by atoms with Gasteiger partial charge < -0.3 is 14.8 Å². The summed E-state index contributed by atoms with van der Waals surface area (Å²) in [4.78, 5) is 12.8. The molecular weight excluding hydrogens is 292 g/mol. The lowest BCUT2D eigenvalue weighted by Crippen LogP contribution is -3.10. The van der Waals surface area contributed by atoms with Crippen LogP contribution in [0.1, 0.15) is 17.5 Å². The van der Waals surface area contributed by atoms with Crippen LogP contribution < -0.4 is 10.2 Å². The van der Waals surface area contributed by atoms with Crippen molar-refractivity contribution in [2.75, 3.05) is 31.2 Å². The Morgan fingerprint density at radius 1 is 1.29 bits per heavy atom. The highest BCUT2D eigenvalue weighted by atomic mass is 32.2. The van der Waals surface area contributed by atoms with Gasteiger partial charge in [0, 0.05) is 17.9 Å². The summed E-state index contributed by atoms with van der Waals surface area (Å²) in [5.74, 6) is -0.516. The van der Waals surface area contributed by atoms with Crippen molar-refractivity contribution in [3.63, 3.8) is 0 Å². The van der Waals surface area contributed by atoms with Crippen LogP contribution in [0.15, 0.2) is 18.2 Å². The predicted octanol–water partition coefficient (Wildman–Crippen LogP) is -0.308. The van der Waals surface area contributed by atoms with Crippen LogP contribution in [0.25, 0.3) is 0 Å². The highest BCUT2D eigenvalue weighted by Crippen LogP contribution is 2.18. The highest BCUT2D eigenvalue weighted by Gasteiger charge is 2.12. The number of likely N-dealkylation sites (N-methyl/N-ethyl adjacent to an activating group) is 1. The monoisotopic (exact) mass is 314 g/mol. The van der Waals surface area contributed by atoms with Gasteiger partial charge in [-0.2, -0.15) is 0 Å². The van der Waals surface area contributed by atoms with Crippen molar-refractivity contribution in [1.82, 2.24) is 0 Å². The van der Waals surface area contributed by atoms with Gasteiger partial charge >= 0.3 is 0 Å². The summed E-state index contributed by atoms with van der Waals surface area (Å²) in [5.41, 5.74) is 2.81. The number of amides is 1. The normalized spacial score (nSPS) is 13.0. The molecule has 2 N–H and O–H groups in total. The number of hydrogen-bond acceptors (Lipinski definition) is 4. The van der Waals surface area contributed by atoms with Gasteiger partial charge in [-0.3, -0.25) is 4.79 Å². The zero-order chi connectivity index (χ0) is 16.0. The van der Waals surface area contributed by atoms with E-state index in [0.717, 1.165) is 21.7 Å². The van der Waals surface area contributed by atoms with Crippen molar-refractivity contribution in [3.8, 4) is 0 Å². The molecule has 1 amide bonds. The molecule has 0 aliphatic rings. The first kappa shape index (κ1) is 17.6. The molecule has 0 aliphatic carbocycles. The Morgan fingerprint density at radius 2 is 1.86 bits per heavy atom. The molecular formula is C14H22N2O4S. The van der Waals surface area contributed by atoms with E-state index in [0.29, 0.717) is 6.54 Å². The minimum Gasteiger partial charge on any atom is -0.748 e. The molecule has 7 heteroatoms. The number of rotatable bonds is 7. The largest absolute Gasteiger partial charge is 0.748 e. The first-order valence-corrected chi connectivity index (χ1v) is 8.37. The Balaban J connectivity index is 2.46. The molecule has 0 fully saturated rings. The third-order valence-corrected chi connectivity index (χ3v) is 3.99. The molecule has 6 nitrogen and oxygen atoms in total. The first-order chi connectivity index (χ1) is 9.69. The maximum atomic E-state index is 12.0. The van der Waals surface area contributed by atoms with E-state index in [1.54, 1.807) is 7.05 Å². The predicted molar refractivity (Wildman–Crippen MR) is 80.3 cm³/mol. The van der Waals surface area contributed by atoms with Crippen LogP contribution >= 0.6 is 0 Å². The second-order valence-corrected chi connectivity index (χ2v) is 6.84. The van der Waals surface area contributed by atoms with Crippen molar-refractivity contribution in [3.05, 3.63) is 29.3 Å². The number of hydrogen-bond donors (Lipinski definition) is 2. The summed E-state index contributed by atoms with van der Waals surface area (Å²) in [6, 6.07) is 5.79. The molecule has 0 heterocycles. The van der Waals surface area contributed by atoms with E-state index in [1.807, 2.05) is 32.0 Å². The Labute approximate surface area is 125 Å². The van der Waals surface area contributed by atoms with Crippen LogP contribution in [0.3, 0.4) is 0 Å². The van der Waals surface area contributed by atoms with Crippen molar-refractivity contribution in [2.45, 2.75) is 20.3 Å². The molecule has 1 aromatic carbocycles. The van der Waals surface area contributed by atoms with Crippen LogP contribution in [-0.4, -0.2) is 44.8 Å². The Bertz CT molecular complexity index is 579. The highest BCUT2D eigenvalue weighted by molar-refractivity contribution is 7.85. The number of quaternary nitrogens is 1. The summed E-state index contributed by atoms with van der Waals surface area (Å²) in [6.07, 6.45) is 0.258. The topological polar surface area (TPSA) is 90.7 Å². The van der Waals surface area contributed by atoms with Crippen molar-refractivity contribution >= 4 is 21.7 Å². The van der Waals surface area contributed by atoms with Crippen molar-refractivity contribution in [1.29, 1.82) is 0 Å². The average Bonchev–Trinajstić information content (AvgIpc) is 2.32. The van der Waals surface area contributed by atoms with Crippen molar-refractivity contribution < 1.29 is 22.7 Å². The van der Waals surface area contributed by atoms with Gasteiger partial charge in [-0.15, -0.1) is 0 Å². The van der Waals surface area contributed by atoms with Gasteiger partial charge in [-0.05, 0) is 25.0 Å². The van der Waals surface area contributed by atoms with E-state index in [1.165, 1.54) is 0 Å². The first-order valence-electron chi connectivity index (χ1n) is 6.80. The summed E-state index contributed by atoms with van der Waals surface area (Å²) in [7, 11) is -2.38. The van der Waals surface area contributed by atoms with E-state index < -0.39 is 10.1 Å². The lowest BCUT2D eigenvalue weighted by atomic mass is 10.1. The quantitative estimate of drug-likeness (QED) is 0.676. The molecule has 0 aliphatic heterocycles. The van der Waals surface area contributed by atoms with E-state index in [2.05, 4.69) is 5.32 Å². The lowest BCUT2D eigenvalue weighted by Gasteiger charge is -2.16. The minimum atomic E-state index is -4.17. The maximum absolute atomic E-state index is 12.0. The Hall–Kier alpha value is -1.44. The summed E-state index contributed by atoms with van der Waals surface area (Å²) >= 11 is 0. The minimum absolute atomic E-state index is 0.130. The molecule has 21 heavy (non-hydrogen) atoms. The second-order valence-electron chi connectivity index (χ2n) is 5.31. The number of anilines is 1. The number of carbonyl (C=O) groups is 1. The number of benzene rings is 1. The summed E-state index contributed by atoms with van der Waals surface area (Å²) < 4.78 is 31.5. The van der Waals surface area contributed by atoms with Gasteiger partial charge in [0.2, 0.25) is 0 Å². The van der Waals surface area contributed by atoms with Gasteiger partial charge in [0.1, 0.15) is 0 Å². The molecule has 0 saturated heterocycles. The number of carbonyl (C=O) groups excluding carboxylic acids is 1. The van der Waals surface area contributed by atoms with Crippen LogP contribution in [-0.2, 0) is 14.9 Å². The summed E-state index contributed by atoms with van der Waals surface area (Å²) in [5, 5.41) is 2.88. The smallest absolute Gasteiger partial charge is 0.279 e. The number of aryl methyl sites for hydroxylation is 2. The second kappa shape index (κ2) is 7.53. The molecule has 1 aromatic rings. The number of nitrogens with one attached hydrogen (secondary N) is 2. The van der Waals surface area contributed by atoms with E-state index in [9.17, 15) is 17.8 Å². The van der Waals surface area contributed by atoms with Gasteiger partial charge in [0.05, 0.1) is 23.7 Å². The fourth-order valence-corrected chi connectivity index (χ4v) is 2.61. The van der Waals surface area contributed by atoms with E-state index in [4.69, 9.17) is 0 Å². The average molecular weight is 314 g/mol. The molecule has 118 valence electrons. The fraction of sp³-hybridized carbons (Fsp3) is 0.500. The molecule has 1 unspecified atom stereocenters. The third kappa shape index (κ3) is 6.70. The van der Waals surface area contributed by atoms with Gasteiger partial charge in [-0.25, -0.2) is 8.42 Å². The third-order valence-electron chi connectivity index (χ3n) is 3.21. The van der Waals surface area contributed by atoms with Crippen LogP contribution in [0.5, 0.6) is 0 Å². The molecule has 0 spiro atoms. The van der Waals surface area contributed by atoms with Crippen LogP contribution in [0, 0.1) is 13.8 Å². The van der Waals surface area contributed by atoms with Gasteiger partial charge in [-0.1, -0.05) is 18.2 Å². The van der Waals surface area contributed by atoms with Crippen molar-refractivity contribution in [2.24, 2.45) is 0 Å². The molecule has 1 rings (SSSR count). The SMILES string of the molecule is Cc1cccc(C)c1NC(=O)C[NH+](C)CCCS(=O)(=O)[O-]. The van der Waals surface area contributed by atoms with E-state index >= 15 is 0 Å². The van der Waals surface area contributed by atoms with Crippen LogP contribution in [0.4, 0.5) is 5.69 Å². The number of para-hydroxylation sites is 1. The Kier molecular flexibility index (Phi) is 6.32. The van der Waals surface area contributed by atoms with Crippen LogP contribution in [0.2, 0.25) is 0 Å². The lowest BCUT2D eigenvalue weighted by molar-refractivity contribution is -0.870. The standard InChI is InChI=1S/C14H22N2O4S/c1-11-6-4-7-12(2)14(11)15-13(17)10-16(3)8-5-9-21(18,19)20/h4,6-7H,5,8-10H2,1-3H3,(H,15,17)(H,18,19,20). The maximum Gasteiger partial charge on any atom is 0.279 e. The fourth-order valence-electron chi connectivity index (χ4n) is 2.11. The Morgan fingerprint density at radius 3 is 2.38 bits per heavy atom. The van der Waals surface area contributed by atoms with E-state index in [-0.39, 0.29) is 24.6 Å². The molecule has 0 saturated carbocycles. The zero-order valence-electron chi connectivity index (χ0n) is 12.6. The summed E-state index contributed by atoms with van der Waals surface area (Å²) in [6.45, 7) is 4.55.